The van der Waals surface area contributed by atoms with Gasteiger partial charge in [-0.25, -0.2) is 0 Å². The number of benzene rings is 1. The zero-order valence-corrected chi connectivity index (χ0v) is 11.7. The molecular weight excluding hydrogens is 262 g/mol. The lowest BCUT2D eigenvalue weighted by Crippen LogP contribution is -2.45. The molecule has 1 aromatic carbocycles. The highest BCUT2D eigenvalue weighted by atomic mass is 35.5. The van der Waals surface area contributed by atoms with Crippen LogP contribution in [-0.4, -0.2) is 21.6 Å². The average molecular weight is 278 g/mol. The standard InChI is InChI=1S/C14H16ClN3O/c1-14(10-15,11-6-4-3-5-7-11)16-13(19)12-8-9-18(2)17-12/h3-9H,10H2,1-2H3,(H,16,19). The Morgan fingerprint density at radius 2 is 2.05 bits per heavy atom. The molecule has 0 aliphatic heterocycles. The first-order valence-electron chi connectivity index (χ1n) is 5.99. The van der Waals surface area contributed by atoms with Crippen molar-refractivity contribution >= 4 is 17.5 Å². The van der Waals surface area contributed by atoms with Crippen molar-refractivity contribution in [2.75, 3.05) is 5.88 Å². The summed E-state index contributed by atoms with van der Waals surface area (Å²) >= 11 is 6.04. The molecule has 1 atom stereocenters. The third-order valence-corrected chi connectivity index (χ3v) is 3.55. The molecule has 2 rings (SSSR count). The molecule has 2 aromatic rings. The predicted molar refractivity (Wildman–Crippen MR) is 75.2 cm³/mol. The molecule has 1 N–H and O–H groups in total. The van der Waals surface area contributed by atoms with Crippen molar-refractivity contribution in [1.82, 2.24) is 15.1 Å². The highest BCUT2D eigenvalue weighted by molar-refractivity contribution is 6.18. The van der Waals surface area contributed by atoms with E-state index in [4.69, 9.17) is 11.6 Å². The van der Waals surface area contributed by atoms with E-state index >= 15 is 0 Å². The molecule has 1 amide bonds. The average Bonchev–Trinajstić information content (AvgIpc) is 2.86. The van der Waals surface area contributed by atoms with E-state index < -0.39 is 5.54 Å². The van der Waals surface area contributed by atoms with E-state index in [2.05, 4.69) is 10.4 Å². The van der Waals surface area contributed by atoms with Gasteiger partial charge in [-0.3, -0.25) is 9.48 Å². The number of rotatable bonds is 4. The molecule has 0 aliphatic rings. The SMILES string of the molecule is Cn1ccc(C(=O)NC(C)(CCl)c2ccccc2)n1. The first-order valence-corrected chi connectivity index (χ1v) is 6.52. The number of nitrogens with one attached hydrogen (secondary N) is 1. The van der Waals surface area contributed by atoms with E-state index in [1.54, 1.807) is 24.0 Å². The molecule has 1 unspecified atom stereocenters. The summed E-state index contributed by atoms with van der Waals surface area (Å²) in [5.41, 5.74) is 0.737. The maximum Gasteiger partial charge on any atom is 0.272 e. The van der Waals surface area contributed by atoms with E-state index in [0.29, 0.717) is 5.69 Å². The van der Waals surface area contributed by atoms with Crippen LogP contribution in [0.15, 0.2) is 42.6 Å². The second-order valence-corrected chi connectivity index (χ2v) is 4.93. The van der Waals surface area contributed by atoms with Crippen LogP contribution in [0.3, 0.4) is 0 Å². The molecule has 0 radical (unpaired) electrons. The Balaban J connectivity index is 2.22. The minimum absolute atomic E-state index is 0.229. The quantitative estimate of drug-likeness (QED) is 0.872. The van der Waals surface area contributed by atoms with Gasteiger partial charge in [-0.05, 0) is 18.6 Å². The van der Waals surface area contributed by atoms with Crippen molar-refractivity contribution in [3.05, 3.63) is 53.9 Å². The van der Waals surface area contributed by atoms with E-state index in [0.717, 1.165) is 5.56 Å². The minimum atomic E-state index is -0.614. The summed E-state index contributed by atoms with van der Waals surface area (Å²) in [4.78, 5) is 12.2. The lowest BCUT2D eigenvalue weighted by Gasteiger charge is -2.28. The third-order valence-electron chi connectivity index (χ3n) is 3.01. The number of aromatic nitrogens is 2. The second-order valence-electron chi connectivity index (χ2n) is 4.66. The number of aryl methyl sites for hydroxylation is 1. The first-order chi connectivity index (χ1) is 9.05. The first kappa shape index (κ1) is 13.6. The van der Waals surface area contributed by atoms with E-state index in [1.807, 2.05) is 37.3 Å². The van der Waals surface area contributed by atoms with Gasteiger partial charge in [0.1, 0.15) is 5.69 Å². The molecule has 1 heterocycles. The summed E-state index contributed by atoms with van der Waals surface area (Å²) < 4.78 is 1.59. The van der Waals surface area contributed by atoms with Gasteiger partial charge in [-0.15, -0.1) is 11.6 Å². The molecule has 0 fully saturated rings. The van der Waals surface area contributed by atoms with Crippen LogP contribution in [0.1, 0.15) is 23.0 Å². The van der Waals surface area contributed by atoms with Crippen molar-refractivity contribution in [1.29, 1.82) is 0 Å². The zero-order valence-electron chi connectivity index (χ0n) is 10.9. The van der Waals surface area contributed by atoms with Crippen molar-refractivity contribution in [2.24, 2.45) is 7.05 Å². The fourth-order valence-electron chi connectivity index (χ4n) is 1.84. The van der Waals surface area contributed by atoms with Gasteiger partial charge in [0.2, 0.25) is 0 Å². The fraction of sp³-hybridized carbons (Fsp3) is 0.286. The molecule has 5 heteroatoms. The summed E-state index contributed by atoms with van der Waals surface area (Å²) in [7, 11) is 1.77. The van der Waals surface area contributed by atoms with Crippen LogP contribution in [0.4, 0.5) is 0 Å². The van der Waals surface area contributed by atoms with Crippen LogP contribution < -0.4 is 5.32 Å². The molecule has 100 valence electrons. The molecular formula is C14H16ClN3O. The lowest BCUT2D eigenvalue weighted by molar-refractivity contribution is 0.0907. The number of hydrogen-bond donors (Lipinski definition) is 1. The Labute approximate surface area is 117 Å². The molecule has 1 aromatic heterocycles. The van der Waals surface area contributed by atoms with Gasteiger partial charge < -0.3 is 5.32 Å². The number of nitrogens with zero attached hydrogens (tertiary/aromatic N) is 2. The largest absolute Gasteiger partial charge is 0.340 e. The highest BCUT2D eigenvalue weighted by Crippen LogP contribution is 2.22. The van der Waals surface area contributed by atoms with Gasteiger partial charge >= 0.3 is 0 Å². The van der Waals surface area contributed by atoms with Gasteiger partial charge in [0.15, 0.2) is 0 Å². The summed E-state index contributed by atoms with van der Waals surface area (Å²) in [6, 6.07) is 11.3. The summed E-state index contributed by atoms with van der Waals surface area (Å²) in [5.74, 6) is 0.0582. The van der Waals surface area contributed by atoms with Crippen molar-refractivity contribution in [3.8, 4) is 0 Å². The predicted octanol–water partition coefficient (Wildman–Crippen LogP) is 2.30. The van der Waals surface area contributed by atoms with Gasteiger partial charge in [0, 0.05) is 19.1 Å². The van der Waals surface area contributed by atoms with Gasteiger partial charge in [0.25, 0.3) is 5.91 Å². The van der Waals surface area contributed by atoms with Crippen molar-refractivity contribution in [3.63, 3.8) is 0 Å². The Kier molecular flexibility index (Phi) is 3.90. The third kappa shape index (κ3) is 2.96. The Morgan fingerprint density at radius 1 is 1.37 bits per heavy atom. The lowest BCUT2D eigenvalue weighted by atomic mass is 9.94. The number of carbonyl (C=O) groups is 1. The summed E-state index contributed by atoms with van der Waals surface area (Å²) in [5, 5.41) is 7.03. The van der Waals surface area contributed by atoms with Crippen molar-refractivity contribution in [2.45, 2.75) is 12.5 Å². The topological polar surface area (TPSA) is 46.9 Å². The van der Waals surface area contributed by atoms with Crippen LogP contribution in [0.5, 0.6) is 0 Å². The molecule has 0 spiro atoms. The summed E-state index contributed by atoms with van der Waals surface area (Å²) in [6.45, 7) is 1.90. The van der Waals surface area contributed by atoms with Crippen LogP contribution in [-0.2, 0) is 12.6 Å². The minimum Gasteiger partial charge on any atom is -0.340 e. The Hall–Kier alpha value is -1.81. The maximum absolute atomic E-state index is 12.2. The molecule has 19 heavy (non-hydrogen) atoms. The van der Waals surface area contributed by atoms with E-state index in [-0.39, 0.29) is 11.8 Å². The van der Waals surface area contributed by atoms with Crippen LogP contribution >= 0.6 is 11.6 Å². The second kappa shape index (κ2) is 5.45. The maximum atomic E-state index is 12.2. The fourth-order valence-corrected chi connectivity index (χ4v) is 2.06. The Morgan fingerprint density at radius 3 is 2.58 bits per heavy atom. The van der Waals surface area contributed by atoms with Gasteiger partial charge in [-0.1, -0.05) is 30.3 Å². The van der Waals surface area contributed by atoms with Gasteiger partial charge in [0.05, 0.1) is 5.54 Å². The zero-order chi connectivity index (χ0) is 13.9. The van der Waals surface area contributed by atoms with Crippen molar-refractivity contribution < 1.29 is 4.79 Å². The number of halogens is 1. The number of alkyl halides is 1. The van der Waals surface area contributed by atoms with E-state index in [9.17, 15) is 4.79 Å². The number of hydrogen-bond acceptors (Lipinski definition) is 2. The summed E-state index contributed by atoms with van der Waals surface area (Å²) in [6.07, 6.45) is 1.73. The molecule has 0 saturated heterocycles. The van der Waals surface area contributed by atoms with Crippen LogP contribution in [0.2, 0.25) is 0 Å². The molecule has 0 saturated carbocycles. The highest BCUT2D eigenvalue weighted by Gasteiger charge is 2.28. The molecule has 4 nitrogen and oxygen atoms in total. The number of carbonyl (C=O) groups excluding carboxylic acids is 1. The van der Waals surface area contributed by atoms with E-state index in [1.165, 1.54) is 0 Å². The van der Waals surface area contributed by atoms with Crippen LogP contribution in [0.25, 0.3) is 0 Å². The Bertz CT molecular complexity index is 567. The smallest absolute Gasteiger partial charge is 0.272 e. The monoisotopic (exact) mass is 277 g/mol. The normalized spacial score (nSPS) is 13.8. The molecule has 0 bridgehead atoms. The number of amides is 1. The molecule has 0 aliphatic carbocycles. The van der Waals surface area contributed by atoms with Crippen LogP contribution in [0, 0.1) is 0 Å². The van der Waals surface area contributed by atoms with Gasteiger partial charge in [-0.2, -0.15) is 5.10 Å².